The molecule has 0 spiro atoms. The van der Waals surface area contributed by atoms with Crippen LogP contribution in [0.1, 0.15) is 6.42 Å². The average Bonchev–Trinajstić information content (AvgIpc) is 2.03. The van der Waals surface area contributed by atoms with Gasteiger partial charge in [-0.3, -0.25) is 0 Å². The van der Waals surface area contributed by atoms with Crippen molar-refractivity contribution in [3.05, 3.63) is 42.5 Å². The van der Waals surface area contributed by atoms with E-state index in [1.165, 1.54) is 12.1 Å². The van der Waals surface area contributed by atoms with E-state index in [4.69, 9.17) is 0 Å². The predicted molar refractivity (Wildman–Crippen MR) is 49.7 cm³/mol. The van der Waals surface area contributed by atoms with E-state index in [1.54, 1.807) is 6.08 Å². The molecule has 13 heavy (non-hydrogen) atoms. The summed E-state index contributed by atoms with van der Waals surface area (Å²) in [4.78, 5) is 0. The van der Waals surface area contributed by atoms with Crippen LogP contribution in [0.3, 0.4) is 0 Å². The Morgan fingerprint density at radius 2 is 1.85 bits per heavy atom. The fourth-order valence-corrected chi connectivity index (χ4v) is 0.974. The minimum absolute atomic E-state index is 0.458. The van der Waals surface area contributed by atoms with Gasteiger partial charge in [-0.25, -0.2) is 8.78 Å². The van der Waals surface area contributed by atoms with Gasteiger partial charge in [-0.05, 0) is 18.6 Å². The molecule has 0 aliphatic carbocycles. The van der Waals surface area contributed by atoms with Crippen molar-refractivity contribution in [2.24, 2.45) is 0 Å². The molecule has 70 valence electrons. The Bertz CT molecular complexity index is 277. The number of hydrogen-bond acceptors (Lipinski definition) is 1. The second-order valence-corrected chi connectivity index (χ2v) is 2.66. The molecule has 1 nitrogen and oxygen atoms in total. The number of rotatable bonds is 4. The first-order valence-corrected chi connectivity index (χ1v) is 4.03. The van der Waals surface area contributed by atoms with E-state index in [2.05, 4.69) is 11.9 Å². The van der Waals surface area contributed by atoms with Crippen LogP contribution in [0, 0.1) is 11.6 Å². The SMILES string of the molecule is C=CCCNc1cc(F)cc(F)c1. The highest BCUT2D eigenvalue weighted by molar-refractivity contribution is 5.43. The van der Waals surface area contributed by atoms with Crippen molar-refractivity contribution in [3.8, 4) is 0 Å². The van der Waals surface area contributed by atoms with Crippen molar-refractivity contribution in [1.29, 1.82) is 0 Å². The predicted octanol–water partition coefficient (Wildman–Crippen LogP) is 2.95. The highest BCUT2D eigenvalue weighted by atomic mass is 19.1. The van der Waals surface area contributed by atoms with E-state index in [0.29, 0.717) is 12.2 Å². The number of nitrogens with one attached hydrogen (secondary N) is 1. The van der Waals surface area contributed by atoms with Crippen molar-refractivity contribution < 1.29 is 8.78 Å². The van der Waals surface area contributed by atoms with Gasteiger partial charge in [0.1, 0.15) is 11.6 Å². The number of hydrogen-bond donors (Lipinski definition) is 1. The molecule has 1 rings (SSSR count). The summed E-state index contributed by atoms with van der Waals surface area (Å²) in [6.45, 7) is 4.17. The van der Waals surface area contributed by atoms with Crippen molar-refractivity contribution in [2.75, 3.05) is 11.9 Å². The zero-order valence-electron chi connectivity index (χ0n) is 7.19. The first-order chi connectivity index (χ1) is 6.22. The molecule has 0 saturated heterocycles. The zero-order valence-corrected chi connectivity index (χ0v) is 7.19. The lowest BCUT2D eigenvalue weighted by Gasteiger charge is -2.04. The molecule has 0 amide bonds. The summed E-state index contributed by atoms with van der Waals surface area (Å²) in [7, 11) is 0. The number of halogens is 2. The van der Waals surface area contributed by atoms with E-state index in [9.17, 15) is 8.78 Å². The Kier molecular flexibility index (Phi) is 3.43. The minimum atomic E-state index is -0.568. The molecule has 1 aromatic rings. The Morgan fingerprint density at radius 1 is 1.23 bits per heavy atom. The summed E-state index contributed by atoms with van der Waals surface area (Å²) in [5.41, 5.74) is 0.458. The first kappa shape index (κ1) is 9.71. The largest absolute Gasteiger partial charge is 0.385 e. The number of benzene rings is 1. The summed E-state index contributed by atoms with van der Waals surface area (Å²) in [6, 6.07) is 3.36. The number of anilines is 1. The second kappa shape index (κ2) is 4.60. The Hall–Kier alpha value is -1.38. The third-order valence-corrected chi connectivity index (χ3v) is 1.54. The van der Waals surface area contributed by atoms with Crippen LogP contribution in [0.25, 0.3) is 0 Å². The quantitative estimate of drug-likeness (QED) is 0.559. The average molecular weight is 183 g/mol. The zero-order chi connectivity index (χ0) is 9.68. The maximum Gasteiger partial charge on any atom is 0.128 e. The highest BCUT2D eigenvalue weighted by Gasteiger charge is 1.98. The maximum absolute atomic E-state index is 12.6. The molecule has 0 saturated carbocycles. The van der Waals surface area contributed by atoms with Crippen LogP contribution in [-0.2, 0) is 0 Å². The van der Waals surface area contributed by atoms with Gasteiger partial charge in [0.15, 0.2) is 0 Å². The third-order valence-electron chi connectivity index (χ3n) is 1.54. The summed E-state index contributed by atoms with van der Waals surface area (Å²) in [5.74, 6) is -1.14. The van der Waals surface area contributed by atoms with Crippen LogP contribution in [-0.4, -0.2) is 6.54 Å². The van der Waals surface area contributed by atoms with Gasteiger partial charge in [-0.2, -0.15) is 0 Å². The molecular weight excluding hydrogens is 172 g/mol. The molecule has 1 aromatic carbocycles. The van der Waals surface area contributed by atoms with E-state index in [-0.39, 0.29) is 0 Å². The van der Waals surface area contributed by atoms with E-state index < -0.39 is 11.6 Å². The fourth-order valence-electron chi connectivity index (χ4n) is 0.974. The molecule has 3 heteroatoms. The minimum Gasteiger partial charge on any atom is -0.385 e. The summed E-state index contributed by atoms with van der Waals surface area (Å²) in [5, 5.41) is 2.88. The van der Waals surface area contributed by atoms with Crippen molar-refractivity contribution in [2.45, 2.75) is 6.42 Å². The van der Waals surface area contributed by atoms with E-state index >= 15 is 0 Å². The van der Waals surface area contributed by atoms with E-state index in [0.717, 1.165) is 12.5 Å². The standard InChI is InChI=1S/C10H11F2N/c1-2-3-4-13-10-6-8(11)5-9(12)7-10/h2,5-7,13H,1,3-4H2. The summed E-state index contributed by atoms with van der Waals surface area (Å²) < 4.78 is 25.3. The van der Waals surface area contributed by atoms with Crippen molar-refractivity contribution in [3.63, 3.8) is 0 Å². The third kappa shape index (κ3) is 3.23. The second-order valence-electron chi connectivity index (χ2n) is 2.66. The topological polar surface area (TPSA) is 12.0 Å². The van der Waals surface area contributed by atoms with Gasteiger partial charge in [0.05, 0.1) is 0 Å². The van der Waals surface area contributed by atoms with Crippen LogP contribution in [0.5, 0.6) is 0 Å². The summed E-state index contributed by atoms with van der Waals surface area (Å²) in [6.07, 6.45) is 2.50. The van der Waals surface area contributed by atoms with Crippen molar-refractivity contribution >= 4 is 5.69 Å². The van der Waals surface area contributed by atoms with Crippen LogP contribution >= 0.6 is 0 Å². The molecule has 0 atom stereocenters. The van der Waals surface area contributed by atoms with Crippen LogP contribution in [0.4, 0.5) is 14.5 Å². The lowest BCUT2D eigenvalue weighted by molar-refractivity contribution is 0.584. The lowest BCUT2D eigenvalue weighted by atomic mass is 10.3. The molecule has 0 radical (unpaired) electrons. The van der Waals surface area contributed by atoms with Gasteiger partial charge in [0.2, 0.25) is 0 Å². The smallest absolute Gasteiger partial charge is 0.128 e. The Morgan fingerprint density at radius 3 is 2.38 bits per heavy atom. The molecule has 1 N–H and O–H groups in total. The molecule has 0 unspecified atom stereocenters. The monoisotopic (exact) mass is 183 g/mol. The van der Waals surface area contributed by atoms with Gasteiger partial charge in [0, 0.05) is 18.3 Å². The maximum atomic E-state index is 12.6. The highest BCUT2D eigenvalue weighted by Crippen LogP contribution is 2.12. The fraction of sp³-hybridized carbons (Fsp3) is 0.200. The molecule has 0 heterocycles. The van der Waals surface area contributed by atoms with Crippen LogP contribution in [0.2, 0.25) is 0 Å². The Balaban J connectivity index is 2.60. The molecule has 0 aromatic heterocycles. The molecular formula is C10H11F2N. The molecule has 0 aliphatic rings. The Labute approximate surface area is 76.1 Å². The molecule has 0 fully saturated rings. The van der Waals surface area contributed by atoms with E-state index in [1.807, 2.05) is 0 Å². The van der Waals surface area contributed by atoms with Crippen LogP contribution < -0.4 is 5.32 Å². The normalized spacial score (nSPS) is 9.69. The van der Waals surface area contributed by atoms with Gasteiger partial charge < -0.3 is 5.32 Å². The van der Waals surface area contributed by atoms with Gasteiger partial charge in [0.25, 0.3) is 0 Å². The van der Waals surface area contributed by atoms with Gasteiger partial charge in [-0.1, -0.05) is 6.08 Å². The first-order valence-electron chi connectivity index (χ1n) is 4.03. The van der Waals surface area contributed by atoms with Gasteiger partial charge >= 0.3 is 0 Å². The molecule has 0 bridgehead atoms. The molecule has 0 aliphatic heterocycles. The van der Waals surface area contributed by atoms with Crippen molar-refractivity contribution in [1.82, 2.24) is 0 Å². The lowest BCUT2D eigenvalue weighted by Crippen LogP contribution is -2.00. The van der Waals surface area contributed by atoms with Gasteiger partial charge in [-0.15, -0.1) is 6.58 Å². The van der Waals surface area contributed by atoms with Crippen LogP contribution in [0.15, 0.2) is 30.9 Å². The summed E-state index contributed by atoms with van der Waals surface area (Å²) >= 11 is 0.